The van der Waals surface area contributed by atoms with E-state index in [2.05, 4.69) is 0 Å². The summed E-state index contributed by atoms with van der Waals surface area (Å²) in [6.07, 6.45) is 3.51. The van der Waals surface area contributed by atoms with E-state index >= 15 is 0 Å². The highest BCUT2D eigenvalue weighted by Gasteiger charge is 2.15. The average Bonchev–Trinajstić information content (AvgIpc) is 2.62. The Hall–Kier alpha value is -1.99. The van der Waals surface area contributed by atoms with Gasteiger partial charge < -0.3 is 19.7 Å². The molecular weight excluding hydrogens is 355 g/mol. The molecule has 2 N–H and O–H groups in total. The monoisotopic (exact) mass is 384 g/mol. The Labute approximate surface area is 159 Å². The van der Waals surface area contributed by atoms with Gasteiger partial charge in [0.25, 0.3) is 0 Å². The first-order chi connectivity index (χ1) is 12.9. The molecule has 152 valence electrons. The number of hydrogen-bond acceptors (Lipinski definition) is 5. The predicted molar refractivity (Wildman–Crippen MR) is 98.2 cm³/mol. The number of Topliss-reactive ketones (excluding diaryl/α,β-unsaturated/α-hetero) is 1. The van der Waals surface area contributed by atoms with E-state index in [-0.39, 0.29) is 30.7 Å². The van der Waals surface area contributed by atoms with Gasteiger partial charge in [-0.1, -0.05) is 12.8 Å². The standard InChI is InChI=1S/C20H29FO6/c1-15(22)16(5-2-3-12-26-14-20(24)25)6-4-7-18(23)13-27-19-10-8-17(21)9-11-19/h8-11,16,18,23H,2-7,12-14H2,1H3,(H,24,25). The molecule has 0 saturated carbocycles. The summed E-state index contributed by atoms with van der Waals surface area (Å²) in [4.78, 5) is 22.1. The molecule has 0 heterocycles. The maximum absolute atomic E-state index is 12.8. The fourth-order valence-electron chi connectivity index (χ4n) is 2.71. The highest BCUT2D eigenvalue weighted by Crippen LogP contribution is 2.19. The number of aliphatic hydroxyl groups excluding tert-OH is 1. The summed E-state index contributed by atoms with van der Waals surface area (Å²) in [6, 6.07) is 5.61. The minimum Gasteiger partial charge on any atom is -0.491 e. The predicted octanol–water partition coefficient (Wildman–Crippen LogP) is 3.21. The molecule has 0 amide bonds. The second-order valence-electron chi connectivity index (χ2n) is 6.60. The van der Waals surface area contributed by atoms with Crippen LogP contribution in [-0.2, 0) is 14.3 Å². The van der Waals surface area contributed by atoms with Crippen LogP contribution in [0.3, 0.4) is 0 Å². The van der Waals surface area contributed by atoms with Crippen LogP contribution >= 0.6 is 0 Å². The number of carboxylic acids is 1. The Morgan fingerprint density at radius 2 is 1.74 bits per heavy atom. The van der Waals surface area contributed by atoms with Crippen molar-refractivity contribution in [3.63, 3.8) is 0 Å². The Morgan fingerprint density at radius 3 is 2.37 bits per heavy atom. The Bertz CT molecular complexity index is 560. The molecule has 6 nitrogen and oxygen atoms in total. The number of ketones is 1. The van der Waals surface area contributed by atoms with Gasteiger partial charge >= 0.3 is 5.97 Å². The van der Waals surface area contributed by atoms with Crippen LogP contribution in [0, 0.1) is 11.7 Å². The van der Waals surface area contributed by atoms with E-state index in [0.717, 1.165) is 12.8 Å². The number of carbonyl (C=O) groups is 2. The van der Waals surface area contributed by atoms with Crippen molar-refractivity contribution in [3.8, 4) is 5.75 Å². The van der Waals surface area contributed by atoms with E-state index in [1.165, 1.54) is 24.3 Å². The second-order valence-corrected chi connectivity index (χ2v) is 6.60. The third kappa shape index (κ3) is 11.4. The van der Waals surface area contributed by atoms with Crippen molar-refractivity contribution in [1.29, 1.82) is 0 Å². The maximum atomic E-state index is 12.8. The molecule has 0 aliphatic heterocycles. The van der Waals surface area contributed by atoms with Crippen LogP contribution in [0.1, 0.15) is 45.4 Å². The van der Waals surface area contributed by atoms with Crippen molar-refractivity contribution in [2.75, 3.05) is 19.8 Å². The number of carbonyl (C=O) groups excluding carboxylic acids is 1. The number of benzene rings is 1. The van der Waals surface area contributed by atoms with Gasteiger partial charge in [0.15, 0.2) is 0 Å². The zero-order valence-corrected chi connectivity index (χ0v) is 15.7. The third-order valence-corrected chi connectivity index (χ3v) is 4.24. The van der Waals surface area contributed by atoms with E-state index in [4.69, 9.17) is 14.6 Å². The maximum Gasteiger partial charge on any atom is 0.329 e. The number of unbranched alkanes of at least 4 members (excludes halogenated alkanes) is 1. The summed E-state index contributed by atoms with van der Waals surface area (Å²) in [5, 5.41) is 18.5. The van der Waals surface area contributed by atoms with Crippen molar-refractivity contribution in [3.05, 3.63) is 30.1 Å². The minimum atomic E-state index is -0.987. The molecule has 0 aliphatic rings. The smallest absolute Gasteiger partial charge is 0.329 e. The number of aliphatic hydroxyl groups is 1. The first kappa shape index (κ1) is 23.0. The molecule has 0 spiro atoms. The van der Waals surface area contributed by atoms with Gasteiger partial charge in [-0.05, 0) is 56.9 Å². The van der Waals surface area contributed by atoms with Gasteiger partial charge in [0.2, 0.25) is 0 Å². The summed E-state index contributed by atoms with van der Waals surface area (Å²) in [5.74, 6) is -0.763. The average molecular weight is 384 g/mol. The zero-order valence-electron chi connectivity index (χ0n) is 15.7. The number of halogens is 1. The van der Waals surface area contributed by atoms with Crippen molar-refractivity contribution < 1.29 is 33.7 Å². The molecule has 1 aromatic carbocycles. The summed E-state index contributed by atoms with van der Waals surface area (Å²) < 4.78 is 23.2. The summed E-state index contributed by atoms with van der Waals surface area (Å²) in [5.41, 5.74) is 0. The zero-order chi connectivity index (χ0) is 20.1. The Balaban J connectivity index is 2.16. The van der Waals surface area contributed by atoms with Gasteiger partial charge in [-0.2, -0.15) is 0 Å². The van der Waals surface area contributed by atoms with Crippen molar-refractivity contribution in [1.82, 2.24) is 0 Å². The molecule has 27 heavy (non-hydrogen) atoms. The quantitative estimate of drug-likeness (QED) is 0.451. The normalized spacial score (nSPS) is 13.1. The van der Waals surface area contributed by atoms with Gasteiger partial charge in [-0.15, -0.1) is 0 Å². The Kier molecular flexibility index (Phi) is 11.3. The number of aliphatic carboxylic acids is 1. The van der Waals surface area contributed by atoms with E-state index in [0.29, 0.717) is 38.0 Å². The third-order valence-electron chi connectivity index (χ3n) is 4.24. The first-order valence-corrected chi connectivity index (χ1v) is 9.25. The van der Waals surface area contributed by atoms with Crippen LogP contribution in [0.4, 0.5) is 4.39 Å². The van der Waals surface area contributed by atoms with Crippen molar-refractivity contribution >= 4 is 11.8 Å². The van der Waals surface area contributed by atoms with Gasteiger partial charge in [0, 0.05) is 12.5 Å². The topological polar surface area (TPSA) is 93.1 Å². The van der Waals surface area contributed by atoms with E-state index in [9.17, 15) is 19.1 Å². The van der Waals surface area contributed by atoms with Crippen LogP contribution in [0.15, 0.2) is 24.3 Å². The SMILES string of the molecule is CC(=O)C(CCCCOCC(=O)O)CCCC(O)COc1ccc(F)cc1. The number of carboxylic acid groups (broad SMARTS) is 1. The second kappa shape index (κ2) is 13.2. The lowest BCUT2D eigenvalue weighted by atomic mass is 9.92. The van der Waals surface area contributed by atoms with Crippen LogP contribution in [0.25, 0.3) is 0 Å². The molecule has 0 bridgehead atoms. The first-order valence-electron chi connectivity index (χ1n) is 9.25. The summed E-state index contributed by atoms with van der Waals surface area (Å²) in [6.45, 7) is 1.77. The van der Waals surface area contributed by atoms with Gasteiger partial charge in [-0.25, -0.2) is 9.18 Å². The van der Waals surface area contributed by atoms with E-state index < -0.39 is 12.1 Å². The molecule has 0 aliphatic carbocycles. The number of rotatable bonds is 15. The van der Waals surface area contributed by atoms with Crippen LogP contribution in [0.5, 0.6) is 5.75 Å². The van der Waals surface area contributed by atoms with Crippen LogP contribution < -0.4 is 4.74 Å². The lowest BCUT2D eigenvalue weighted by Gasteiger charge is -2.16. The van der Waals surface area contributed by atoms with Crippen LogP contribution in [-0.4, -0.2) is 47.9 Å². The lowest BCUT2D eigenvalue weighted by Crippen LogP contribution is -2.18. The minimum absolute atomic E-state index is 0.0605. The molecule has 0 radical (unpaired) electrons. The molecule has 7 heteroatoms. The lowest BCUT2D eigenvalue weighted by molar-refractivity contribution is -0.142. The molecule has 2 atom stereocenters. The highest BCUT2D eigenvalue weighted by molar-refractivity contribution is 5.78. The number of hydrogen-bond donors (Lipinski definition) is 2. The largest absolute Gasteiger partial charge is 0.491 e. The fraction of sp³-hybridized carbons (Fsp3) is 0.600. The van der Waals surface area contributed by atoms with E-state index in [1.807, 2.05) is 0 Å². The highest BCUT2D eigenvalue weighted by atomic mass is 19.1. The molecule has 0 saturated heterocycles. The van der Waals surface area contributed by atoms with Crippen molar-refractivity contribution in [2.24, 2.45) is 5.92 Å². The van der Waals surface area contributed by atoms with Gasteiger partial charge in [-0.3, -0.25) is 4.79 Å². The Morgan fingerprint density at radius 1 is 1.07 bits per heavy atom. The van der Waals surface area contributed by atoms with Crippen molar-refractivity contribution in [2.45, 2.75) is 51.6 Å². The van der Waals surface area contributed by atoms with Gasteiger partial charge in [0.1, 0.15) is 30.6 Å². The molecule has 1 aromatic rings. The number of ether oxygens (including phenoxy) is 2. The molecule has 0 aromatic heterocycles. The summed E-state index contributed by atoms with van der Waals surface area (Å²) >= 11 is 0. The van der Waals surface area contributed by atoms with Crippen LogP contribution in [0.2, 0.25) is 0 Å². The fourth-order valence-corrected chi connectivity index (χ4v) is 2.71. The molecule has 1 rings (SSSR count). The van der Waals surface area contributed by atoms with Gasteiger partial charge in [0.05, 0.1) is 6.10 Å². The molecule has 0 fully saturated rings. The van der Waals surface area contributed by atoms with E-state index in [1.54, 1.807) is 6.92 Å². The molecule has 2 unspecified atom stereocenters. The molecular formula is C20H29FO6. The summed E-state index contributed by atoms with van der Waals surface area (Å²) in [7, 11) is 0.